The van der Waals surface area contributed by atoms with Gasteiger partial charge in [-0.15, -0.1) is 11.3 Å². The smallest absolute Gasteiger partial charge is 0.122 e. The topological polar surface area (TPSA) is 34.1 Å². The number of nitrogens with zero attached hydrogens (tertiary/aromatic N) is 1. The Morgan fingerprint density at radius 1 is 1.47 bits per heavy atom. The van der Waals surface area contributed by atoms with Crippen LogP contribution in [0.2, 0.25) is 5.02 Å². The van der Waals surface area contributed by atoms with E-state index in [1.54, 1.807) is 18.4 Å². The predicted octanol–water partition coefficient (Wildman–Crippen LogP) is 3.62. The van der Waals surface area contributed by atoms with Gasteiger partial charge in [0.15, 0.2) is 0 Å². The Hall–Kier alpha value is -1.10. The summed E-state index contributed by atoms with van der Waals surface area (Å²) >= 11 is 7.72. The number of aromatic nitrogens is 1. The van der Waals surface area contributed by atoms with E-state index in [1.807, 2.05) is 32.2 Å². The van der Waals surface area contributed by atoms with Gasteiger partial charge in [0, 0.05) is 10.4 Å². The minimum absolute atomic E-state index is 0.164. The van der Waals surface area contributed by atoms with E-state index in [0.717, 1.165) is 33.5 Å². The van der Waals surface area contributed by atoms with Crippen LogP contribution in [0.1, 0.15) is 22.3 Å². The van der Waals surface area contributed by atoms with Crippen molar-refractivity contribution in [3.8, 4) is 5.75 Å². The number of methoxy groups -OCH3 is 1. The normalized spacial score (nSPS) is 12.4. The van der Waals surface area contributed by atoms with E-state index < -0.39 is 0 Å². The van der Waals surface area contributed by atoms with Gasteiger partial charge in [-0.2, -0.15) is 0 Å². The van der Waals surface area contributed by atoms with Gasteiger partial charge in [-0.25, -0.2) is 4.98 Å². The lowest BCUT2D eigenvalue weighted by atomic mass is 10.0. The summed E-state index contributed by atoms with van der Waals surface area (Å²) in [6.07, 6.45) is 0.795. The predicted molar refractivity (Wildman–Crippen MR) is 80.4 cm³/mol. The average Bonchev–Trinajstić information content (AvgIpc) is 2.82. The molecule has 1 N–H and O–H groups in total. The molecule has 2 aromatic rings. The van der Waals surface area contributed by atoms with Crippen molar-refractivity contribution < 1.29 is 4.74 Å². The Morgan fingerprint density at radius 2 is 2.26 bits per heavy atom. The zero-order valence-electron chi connectivity index (χ0n) is 11.2. The van der Waals surface area contributed by atoms with Crippen LogP contribution >= 0.6 is 22.9 Å². The number of halogens is 1. The fourth-order valence-corrected chi connectivity index (χ4v) is 2.88. The second-order valence-corrected chi connectivity index (χ2v) is 5.79. The molecule has 1 heterocycles. The lowest BCUT2D eigenvalue weighted by Crippen LogP contribution is -2.19. The zero-order valence-corrected chi connectivity index (χ0v) is 12.8. The van der Waals surface area contributed by atoms with Crippen LogP contribution in [0.5, 0.6) is 5.75 Å². The number of rotatable bonds is 5. The number of thiazole rings is 1. The molecule has 0 fully saturated rings. The summed E-state index contributed by atoms with van der Waals surface area (Å²) in [4.78, 5) is 4.54. The molecule has 102 valence electrons. The molecule has 0 aliphatic heterocycles. The van der Waals surface area contributed by atoms with E-state index in [1.165, 1.54) is 0 Å². The van der Waals surface area contributed by atoms with E-state index >= 15 is 0 Å². The van der Waals surface area contributed by atoms with Crippen molar-refractivity contribution in [3.05, 3.63) is 44.9 Å². The van der Waals surface area contributed by atoms with Crippen LogP contribution in [-0.4, -0.2) is 19.1 Å². The van der Waals surface area contributed by atoms with Crippen molar-refractivity contribution in [1.29, 1.82) is 0 Å². The highest BCUT2D eigenvalue weighted by Crippen LogP contribution is 2.28. The average molecular weight is 297 g/mol. The van der Waals surface area contributed by atoms with Gasteiger partial charge in [0.05, 0.1) is 23.9 Å². The van der Waals surface area contributed by atoms with Crippen LogP contribution in [0.25, 0.3) is 0 Å². The number of likely N-dealkylation sites (N-methyl/N-ethyl adjacent to an activating group) is 1. The van der Waals surface area contributed by atoms with Gasteiger partial charge in [0.1, 0.15) is 5.75 Å². The van der Waals surface area contributed by atoms with Crippen LogP contribution in [0.3, 0.4) is 0 Å². The second kappa shape index (κ2) is 6.37. The number of benzene rings is 1. The standard InChI is InChI=1S/C14H17ClN2OS/c1-9-17-13(8-19-9)12(16-2)7-10-6-11(15)4-5-14(10)18-3/h4-6,8,12,16H,7H2,1-3H3. The van der Waals surface area contributed by atoms with E-state index in [2.05, 4.69) is 15.7 Å². The number of nitrogens with one attached hydrogen (secondary N) is 1. The number of aryl methyl sites for hydroxylation is 1. The molecule has 0 amide bonds. The maximum Gasteiger partial charge on any atom is 0.122 e. The van der Waals surface area contributed by atoms with Crippen molar-refractivity contribution in [2.45, 2.75) is 19.4 Å². The van der Waals surface area contributed by atoms with Gasteiger partial charge in [-0.05, 0) is 44.2 Å². The van der Waals surface area contributed by atoms with Crippen LogP contribution in [0, 0.1) is 6.92 Å². The Balaban J connectivity index is 2.25. The number of hydrogen-bond acceptors (Lipinski definition) is 4. The lowest BCUT2D eigenvalue weighted by molar-refractivity contribution is 0.406. The summed E-state index contributed by atoms with van der Waals surface area (Å²) in [6.45, 7) is 2.01. The van der Waals surface area contributed by atoms with Crippen molar-refractivity contribution >= 4 is 22.9 Å². The number of hydrogen-bond donors (Lipinski definition) is 1. The van der Waals surface area contributed by atoms with Crippen LogP contribution < -0.4 is 10.1 Å². The molecule has 0 aliphatic rings. The van der Waals surface area contributed by atoms with Crippen LogP contribution in [0.15, 0.2) is 23.6 Å². The molecule has 0 spiro atoms. The Morgan fingerprint density at radius 3 is 2.84 bits per heavy atom. The van der Waals surface area contributed by atoms with Crippen molar-refractivity contribution in [2.75, 3.05) is 14.2 Å². The van der Waals surface area contributed by atoms with E-state index in [0.29, 0.717) is 0 Å². The fraction of sp³-hybridized carbons (Fsp3) is 0.357. The number of ether oxygens (including phenoxy) is 1. The minimum Gasteiger partial charge on any atom is -0.496 e. The molecular formula is C14H17ClN2OS. The highest BCUT2D eigenvalue weighted by atomic mass is 35.5. The Labute approximate surface area is 122 Å². The first-order valence-electron chi connectivity index (χ1n) is 6.05. The van der Waals surface area contributed by atoms with Gasteiger partial charge >= 0.3 is 0 Å². The third kappa shape index (κ3) is 3.47. The second-order valence-electron chi connectivity index (χ2n) is 4.29. The minimum atomic E-state index is 0.164. The maximum atomic E-state index is 6.06. The van der Waals surface area contributed by atoms with Gasteiger partial charge in [0.25, 0.3) is 0 Å². The SMILES string of the molecule is CNC(Cc1cc(Cl)ccc1OC)c1csc(C)n1. The summed E-state index contributed by atoms with van der Waals surface area (Å²) in [5.74, 6) is 0.858. The molecule has 5 heteroatoms. The monoisotopic (exact) mass is 296 g/mol. The maximum absolute atomic E-state index is 6.06. The van der Waals surface area contributed by atoms with Crippen molar-refractivity contribution in [2.24, 2.45) is 0 Å². The molecule has 0 bridgehead atoms. The molecule has 0 aliphatic carbocycles. The molecule has 1 atom stereocenters. The largest absolute Gasteiger partial charge is 0.496 e. The summed E-state index contributed by atoms with van der Waals surface area (Å²) < 4.78 is 5.38. The van der Waals surface area contributed by atoms with Gasteiger partial charge < -0.3 is 10.1 Å². The Kier molecular flexibility index (Phi) is 4.80. The molecule has 1 aromatic carbocycles. The summed E-state index contributed by atoms with van der Waals surface area (Å²) in [7, 11) is 3.62. The molecule has 1 aromatic heterocycles. The highest BCUT2D eigenvalue weighted by Gasteiger charge is 2.16. The van der Waals surface area contributed by atoms with E-state index in [-0.39, 0.29) is 6.04 Å². The van der Waals surface area contributed by atoms with Gasteiger partial charge in [-0.1, -0.05) is 11.6 Å². The zero-order chi connectivity index (χ0) is 13.8. The molecule has 2 rings (SSSR count). The van der Waals surface area contributed by atoms with Crippen LogP contribution in [0.4, 0.5) is 0 Å². The van der Waals surface area contributed by atoms with Gasteiger partial charge in [-0.3, -0.25) is 0 Å². The molecular weight excluding hydrogens is 280 g/mol. The van der Waals surface area contributed by atoms with Gasteiger partial charge in [0.2, 0.25) is 0 Å². The molecule has 0 saturated carbocycles. The van der Waals surface area contributed by atoms with Crippen molar-refractivity contribution in [3.63, 3.8) is 0 Å². The molecule has 0 radical (unpaired) electrons. The molecule has 3 nitrogen and oxygen atoms in total. The summed E-state index contributed by atoms with van der Waals surface area (Å²) in [5.41, 5.74) is 2.15. The van der Waals surface area contributed by atoms with Crippen LogP contribution in [-0.2, 0) is 6.42 Å². The molecule has 19 heavy (non-hydrogen) atoms. The quantitative estimate of drug-likeness (QED) is 0.915. The van der Waals surface area contributed by atoms with E-state index in [4.69, 9.17) is 16.3 Å². The first-order valence-corrected chi connectivity index (χ1v) is 7.31. The fourth-order valence-electron chi connectivity index (χ4n) is 2.02. The summed E-state index contributed by atoms with van der Waals surface area (Å²) in [5, 5.41) is 7.19. The lowest BCUT2D eigenvalue weighted by Gasteiger charge is -2.16. The first-order chi connectivity index (χ1) is 9.13. The highest BCUT2D eigenvalue weighted by molar-refractivity contribution is 7.09. The molecule has 0 saturated heterocycles. The van der Waals surface area contributed by atoms with E-state index in [9.17, 15) is 0 Å². The molecule has 1 unspecified atom stereocenters. The summed E-state index contributed by atoms with van der Waals surface area (Å²) in [6, 6.07) is 5.85. The Bertz CT molecular complexity index is 556. The third-order valence-electron chi connectivity index (χ3n) is 3.01. The third-order valence-corrected chi connectivity index (χ3v) is 4.04. The van der Waals surface area contributed by atoms with Crippen molar-refractivity contribution in [1.82, 2.24) is 10.3 Å². The first kappa shape index (κ1) is 14.3.